The van der Waals surface area contributed by atoms with Crippen molar-refractivity contribution in [1.29, 1.82) is 0 Å². The smallest absolute Gasteiger partial charge is 0.328 e. The van der Waals surface area contributed by atoms with E-state index in [9.17, 15) is 9.59 Å². The van der Waals surface area contributed by atoms with Crippen LogP contribution in [0.5, 0.6) is 0 Å². The highest BCUT2D eigenvalue weighted by atomic mass is 16.5. The Balaban J connectivity index is 4.37. The third-order valence-corrected chi connectivity index (χ3v) is 2.27. The lowest BCUT2D eigenvalue weighted by Gasteiger charge is -2.24. The first-order valence-corrected chi connectivity index (χ1v) is 4.85. The van der Waals surface area contributed by atoms with Gasteiger partial charge in [0.25, 0.3) is 0 Å². The molecule has 4 nitrogen and oxygen atoms in total. The molecule has 0 bridgehead atoms. The highest BCUT2D eigenvalue weighted by molar-refractivity contribution is 5.83. The summed E-state index contributed by atoms with van der Waals surface area (Å²) in [5, 5.41) is 0. The number of nitrogens with zero attached hydrogens (tertiary/aromatic N) is 1. The van der Waals surface area contributed by atoms with Crippen molar-refractivity contribution >= 4 is 11.9 Å². The molecule has 14 heavy (non-hydrogen) atoms. The van der Waals surface area contributed by atoms with Crippen LogP contribution < -0.4 is 0 Å². The van der Waals surface area contributed by atoms with Crippen LogP contribution in [0.25, 0.3) is 0 Å². The fraction of sp³-hybridized carbons (Fsp3) is 0.800. The Morgan fingerprint density at radius 2 is 2.00 bits per heavy atom. The van der Waals surface area contributed by atoms with Gasteiger partial charge >= 0.3 is 5.97 Å². The molecule has 0 saturated carbocycles. The first-order chi connectivity index (χ1) is 6.54. The van der Waals surface area contributed by atoms with Crippen molar-refractivity contribution in [2.45, 2.75) is 39.2 Å². The van der Waals surface area contributed by atoms with Gasteiger partial charge in [-0.3, -0.25) is 4.79 Å². The molecule has 0 aromatic heterocycles. The number of likely N-dealkylation sites (N-methyl/N-ethyl adjacent to an activating group) is 1. The van der Waals surface area contributed by atoms with E-state index in [-0.39, 0.29) is 11.9 Å². The molecule has 0 aliphatic rings. The highest BCUT2D eigenvalue weighted by Gasteiger charge is 2.24. The van der Waals surface area contributed by atoms with Crippen molar-refractivity contribution in [3.05, 3.63) is 0 Å². The summed E-state index contributed by atoms with van der Waals surface area (Å²) in [6, 6.07) is -0.433. The number of rotatable bonds is 5. The Hall–Kier alpha value is -1.06. The van der Waals surface area contributed by atoms with E-state index in [0.717, 1.165) is 12.8 Å². The largest absolute Gasteiger partial charge is 0.467 e. The van der Waals surface area contributed by atoms with Crippen LogP contribution in [-0.2, 0) is 14.3 Å². The number of carbonyl (C=O) groups excluding carboxylic acids is 2. The molecule has 0 aromatic rings. The van der Waals surface area contributed by atoms with E-state index in [1.165, 1.54) is 18.9 Å². The van der Waals surface area contributed by atoms with Crippen LogP contribution in [0.2, 0.25) is 0 Å². The van der Waals surface area contributed by atoms with Gasteiger partial charge in [-0.2, -0.15) is 0 Å². The van der Waals surface area contributed by atoms with Crippen LogP contribution in [0, 0.1) is 0 Å². The highest BCUT2D eigenvalue weighted by Crippen LogP contribution is 2.09. The first-order valence-electron chi connectivity index (χ1n) is 4.85. The maximum atomic E-state index is 11.3. The van der Waals surface area contributed by atoms with Gasteiger partial charge in [0.15, 0.2) is 0 Å². The predicted octanol–water partition coefficient (Wildman–Crippen LogP) is 1.20. The number of unbranched alkanes of at least 4 members (excludes halogenated alkanes) is 1. The van der Waals surface area contributed by atoms with Gasteiger partial charge in [0.2, 0.25) is 5.91 Å². The van der Waals surface area contributed by atoms with Crippen molar-refractivity contribution in [3.63, 3.8) is 0 Å². The van der Waals surface area contributed by atoms with E-state index in [1.54, 1.807) is 7.05 Å². The average molecular weight is 201 g/mol. The summed E-state index contributed by atoms with van der Waals surface area (Å²) in [5.74, 6) is -0.451. The van der Waals surface area contributed by atoms with Gasteiger partial charge in [0, 0.05) is 14.0 Å². The van der Waals surface area contributed by atoms with Gasteiger partial charge in [0.05, 0.1) is 7.11 Å². The van der Waals surface area contributed by atoms with E-state index >= 15 is 0 Å². The molecule has 0 aromatic carbocycles. The van der Waals surface area contributed by atoms with Crippen LogP contribution in [0.3, 0.4) is 0 Å². The molecule has 0 radical (unpaired) electrons. The van der Waals surface area contributed by atoms with Crippen molar-refractivity contribution in [3.8, 4) is 0 Å². The summed E-state index contributed by atoms with van der Waals surface area (Å²) in [6.45, 7) is 3.49. The van der Waals surface area contributed by atoms with E-state index < -0.39 is 6.04 Å². The monoisotopic (exact) mass is 201 g/mol. The van der Waals surface area contributed by atoms with Crippen LogP contribution in [-0.4, -0.2) is 37.0 Å². The second kappa shape index (κ2) is 6.40. The zero-order chi connectivity index (χ0) is 11.1. The van der Waals surface area contributed by atoms with Gasteiger partial charge in [0.1, 0.15) is 6.04 Å². The van der Waals surface area contributed by atoms with Crippen LogP contribution in [0.15, 0.2) is 0 Å². The van der Waals surface area contributed by atoms with Crippen LogP contribution >= 0.6 is 0 Å². The number of hydrogen-bond acceptors (Lipinski definition) is 3. The van der Waals surface area contributed by atoms with Crippen molar-refractivity contribution < 1.29 is 14.3 Å². The molecule has 0 saturated heterocycles. The molecule has 0 heterocycles. The summed E-state index contributed by atoms with van der Waals surface area (Å²) in [4.78, 5) is 23.9. The third-order valence-electron chi connectivity index (χ3n) is 2.27. The summed E-state index contributed by atoms with van der Waals surface area (Å²) in [6.07, 6.45) is 2.58. The molecule has 0 spiro atoms. The van der Waals surface area contributed by atoms with Crippen LogP contribution in [0.4, 0.5) is 0 Å². The summed E-state index contributed by atoms with van der Waals surface area (Å²) >= 11 is 0. The zero-order valence-corrected chi connectivity index (χ0v) is 9.37. The minimum Gasteiger partial charge on any atom is -0.467 e. The number of carbonyl (C=O) groups is 2. The minimum atomic E-state index is -0.433. The minimum absolute atomic E-state index is 0.114. The van der Waals surface area contributed by atoms with Crippen LogP contribution in [0.1, 0.15) is 33.1 Å². The topological polar surface area (TPSA) is 46.6 Å². The third kappa shape index (κ3) is 3.77. The molecule has 1 amide bonds. The normalized spacial score (nSPS) is 12.0. The number of ether oxygens (including phenoxy) is 1. The molecular weight excluding hydrogens is 182 g/mol. The molecule has 0 N–H and O–H groups in total. The van der Waals surface area contributed by atoms with E-state index in [1.807, 2.05) is 6.92 Å². The Kier molecular flexibility index (Phi) is 5.92. The van der Waals surface area contributed by atoms with Crippen molar-refractivity contribution in [2.24, 2.45) is 0 Å². The fourth-order valence-corrected chi connectivity index (χ4v) is 1.22. The average Bonchev–Trinajstić information content (AvgIpc) is 2.17. The lowest BCUT2D eigenvalue weighted by atomic mass is 10.1. The van der Waals surface area contributed by atoms with Gasteiger partial charge in [-0.1, -0.05) is 19.8 Å². The standard InChI is InChI=1S/C10H19NO3/c1-5-6-7-9(10(13)14-4)11(3)8(2)12/h9H,5-7H2,1-4H3/t9-/m0/s1. The lowest BCUT2D eigenvalue weighted by Crippen LogP contribution is -2.41. The lowest BCUT2D eigenvalue weighted by molar-refractivity contribution is -0.151. The van der Waals surface area contributed by atoms with Crippen molar-refractivity contribution in [1.82, 2.24) is 4.90 Å². The number of methoxy groups -OCH3 is 1. The number of hydrogen-bond donors (Lipinski definition) is 0. The van der Waals surface area contributed by atoms with Gasteiger partial charge < -0.3 is 9.64 Å². The molecule has 0 aliphatic carbocycles. The predicted molar refractivity (Wildman–Crippen MR) is 53.8 cm³/mol. The van der Waals surface area contributed by atoms with Crippen molar-refractivity contribution in [2.75, 3.05) is 14.2 Å². The Bertz CT molecular complexity index is 204. The first kappa shape index (κ1) is 12.9. The second-order valence-corrected chi connectivity index (χ2v) is 3.31. The van der Waals surface area contributed by atoms with Gasteiger partial charge in [-0.15, -0.1) is 0 Å². The molecule has 0 rings (SSSR count). The second-order valence-electron chi connectivity index (χ2n) is 3.31. The fourth-order valence-electron chi connectivity index (χ4n) is 1.22. The Morgan fingerprint density at radius 3 is 2.36 bits per heavy atom. The summed E-state index contributed by atoms with van der Waals surface area (Å²) in [7, 11) is 2.97. The number of esters is 1. The molecular formula is C10H19NO3. The SMILES string of the molecule is CCCC[C@@H](C(=O)OC)N(C)C(C)=O. The van der Waals surface area contributed by atoms with Gasteiger partial charge in [-0.25, -0.2) is 4.79 Å². The van der Waals surface area contributed by atoms with E-state index in [2.05, 4.69) is 4.74 Å². The van der Waals surface area contributed by atoms with Gasteiger partial charge in [-0.05, 0) is 6.42 Å². The zero-order valence-electron chi connectivity index (χ0n) is 9.37. The number of amides is 1. The molecule has 0 unspecified atom stereocenters. The molecule has 4 heteroatoms. The summed E-state index contributed by atoms with van der Waals surface area (Å²) in [5.41, 5.74) is 0. The Morgan fingerprint density at radius 1 is 1.43 bits per heavy atom. The van der Waals surface area contributed by atoms with E-state index in [0.29, 0.717) is 6.42 Å². The molecule has 0 fully saturated rings. The molecule has 0 aliphatic heterocycles. The van der Waals surface area contributed by atoms with E-state index in [4.69, 9.17) is 0 Å². The summed E-state index contributed by atoms with van der Waals surface area (Å²) < 4.78 is 4.65. The maximum Gasteiger partial charge on any atom is 0.328 e. The Labute approximate surface area is 85.2 Å². The molecule has 82 valence electrons. The molecule has 1 atom stereocenters. The quantitative estimate of drug-likeness (QED) is 0.628. The maximum absolute atomic E-state index is 11.3.